The van der Waals surface area contributed by atoms with Crippen LogP contribution in [-0.2, 0) is 22.4 Å². The molecule has 3 heterocycles. The van der Waals surface area contributed by atoms with Crippen molar-refractivity contribution in [2.24, 2.45) is 0 Å². The molecule has 1 aromatic carbocycles. The number of thiophene rings is 1. The Kier molecular flexibility index (Phi) is 7.36. The van der Waals surface area contributed by atoms with Gasteiger partial charge in [0.1, 0.15) is 4.32 Å². The van der Waals surface area contributed by atoms with Gasteiger partial charge in [-0.2, -0.15) is 0 Å². The van der Waals surface area contributed by atoms with Crippen LogP contribution in [0.25, 0.3) is 17.3 Å². The molecule has 0 saturated carbocycles. The number of aromatic nitrogens is 2. The SMILES string of the molecule is CCc1ccc(CC)c(-c2nonc2NC(=O)CCN2C(=O)/C(=C/c3cccs3)SC2=S)c1. The second-order valence-electron chi connectivity index (χ2n) is 7.31. The van der Waals surface area contributed by atoms with Crippen LogP contribution in [0.5, 0.6) is 0 Å². The molecular weight excluding hydrogens is 476 g/mol. The Hall–Kier alpha value is -2.82. The molecular formula is C23H22N4O3S3. The van der Waals surface area contributed by atoms with E-state index in [1.807, 2.05) is 29.7 Å². The highest BCUT2D eigenvalue weighted by Crippen LogP contribution is 2.33. The van der Waals surface area contributed by atoms with Crippen LogP contribution >= 0.6 is 35.3 Å². The van der Waals surface area contributed by atoms with Crippen LogP contribution in [0.15, 0.2) is 45.2 Å². The first-order chi connectivity index (χ1) is 16.0. The van der Waals surface area contributed by atoms with Gasteiger partial charge in [0.25, 0.3) is 5.91 Å². The van der Waals surface area contributed by atoms with Gasteiger partial charge in [-0.05, 0) is 57.9 Å². The molecule has 33 heavy (non-hydrogen) atoms. The van der Waals surface area contributed by atoms with Crippen LogP contribution in [0.4, 0.5) is 5.82 Å². The monoisotopic (exact) mass is 498 g/mol. The molecule has 1 aliphatic heterocycles. The number of hydrogen-bond acceptors (Lipinski definition) is 8. The van der Waals surface area contributed by atoms with Gasteiger partial charge in [0, 0.05) is 23.4 Å². The summed E-state index contributed by atoms with van der Waals surface area (Å²) in [6.07, 6.45) is 3.59. The van der Waals surface area contributed by atoms with Crippen molar-refractivity contribution in [2.75, 3.05) is 11.9 Å². The van der Waals surface area contributed by atoms with E-state index in [4.69, 9.17) is 16.8 Å². The molecule has 2 aromatic heterocycles. The molecule has 3 aromatic rings. The number of benzene rings is 1. The fourth-order valence-corrected chi connectivity index (χ4v) is 5.45. The van der Waals surface area contributed by atoms with Crippen LogP contribution < -0.4 is 5.32 Å². The Labute approximate surface area is 205 Å². The lowest BCUT2D eigenvalue weighted by atomic mass is 9.98. The first-order valence-electron chi connectivity index (χ1n) is 10.5. The number of amides is 2. The smallest absolute Gasteiger partial charge is 0.266 e. The van der Waals surface area contributed by atoms with E-state index in [0.717, 1.165) is 34.4 Å². The first-order valence-corrected chi connectivity index (χ1v) is 12.6. The van der Waals surface area contributed by atoms with Crippen molar-refractivity contribution in [3.63, 3.8) is 0 Å². The molecule has 4 rings (SSSR count). The minimum atomic E-state index is -0.298. The Morgan fingerprint density at radius 2 is 2.09 bits per heavy atom. The molecule has 0 bridgehead atoms. The van der Waals surface area contributed by atoms with E-state index in [0.29, 0.717) is 14.9 Å². The molecule has 2 amide bonds. The lowest BCUT2D eigenvalue weighted by Gasteiger charge is -2.14. The fraction of sp³-hybridized carbons (Fsp3) is 0.261. The molecule has 0 unspecified atom stereocenters. The summed E-state index contributed by atoms with van der Waals surface area (Å²) in [5, 5.41) is 12.6. The molecule has 0 spiro atoms. The number of thiocarbonyl (C=S) groups is 1. The Morgan fingerprint density at radius 3 is 2.82 bits per heavy atom. The number of nitrogens with zero attached hydrogens (tertiary/aromatic N) is 3. The van der Waals surface area contributed by atoms with E-state index in [-0.39, 0.29) is 30.6 Å². The molecule has 1 N–H and O–H groups in total. The molecule has 1 aliphatic rings. The summed E-state index contributed by atoms with van der Waals surface area (Å²) in [5.41, 5.74) is 3.64. The Morgan fingerprint density at radius 1 is 1.24 bits per heavy atom. The summed E-state index contributed by atoms with van der Waals surface area (Å²) >= 11 is 8.16. The van der Waals surface area contributed by atoms with Crippen molar-refractivity contribution in [3.8, 4) is 11.3 Å². The first kappa shape index (κ1) is 23.3. The second kappa shape index (κ2) is 10.4. The van der Waals surface area contributed by atoms with Gasteiger partial charge in [-0.3, -0.25) is 14.5 Å². The molecule has 1 saturated heterocycles. The maximum absolute atomic E-state index is 12.7. The van der Waals surface area contributed by atoms with Crippen molar-refractivity contribution in [3.05, 3.63) is 56.6 Å². The van der Waals surface area contributed by atoms with Crippen molar-refractivity contribution in [1.29, 1.82) is 0 Å². The van der Waals surface area contributed by atoms with E-state index in [9.17, 15) is 9.59 Å². The number of aryl methyl sites for hydroxylation is 2. The number of nitrogens with one attached hydrogen (secondary N) is 1. The number of carbonyl (C=O) groups is 2. The quantitative estimate of drug-likeness (QED) is 0.339. The lowest BCUT2D eigenvalue weighted by molar-refractivity contribution is -0.122. The zero-order valence-electron chi connectivity index (χ0n) is 18.2. The third-order valence-corrected chi connectivity index (χ3v) is 7.41. The highest BCUT2D eigenvalue weighted by atomic mass is 32.2. The second-order valence-corrected chi connectivity index (χ2v) is 9.96. The van der Waals surface area contributed by atoms with Gasteiger partial charge in [0.2, 0.25) is 11.7 Å². The van der Waals surface area contributed by atoms with Gasteiger partial charge in [-0.1, -0.05) is 56.0 Å². The van der Waals surface area contributed by atoms with E-state index in [1.54, 1.807) is 11.3 Å². The van der Waals surface area contributed by atoms with Crippen molar-refractivity contribution in [1.82, 2.24) is 15.2 Å². The van der Waals surface area contributed by atoms with Gasteiger partial charge in [0.05, 0.1) is 4.91 Å². The van der Waals surface area contributed by atoms with Crippen LogP contribution in [0.2, 0.25) is 0 Å². The predicted octanol–water partition coefficient (Wildman–Crippen LogP) is 5.15. The zero-order valence-corrected chi connectivity index (χ0v) is 20.6. The molecule has 1 fully saturated rings. The average Bonchev–Trinajstić information content (AvgIpc) is 3.55. The number of carbonyl (C=O) groups excluding carboxylic acids is 2. The summed E-state index contributed by atoms with van der Waals surface area (Å²) in [4.78, 5) is 28.4. The highest BCUT2D eigenvalue weighted by Gasteiger charge is 2.32. The van der Waals surface area contributed by atoms with Crippen LogP contribution in [-0.4, -0.2) is 37.9 Å². The minimum Gasteiger partial charge on any atom is -0.306 e. The zero-order chi connectivity index (χ0) is 23.4. The lowest BCUT2D eigenvalue weighted by Crippen LogP contribution is -2.31. The molecule has 0 atom stereocenters. The maximum Gasteiger partial charge on any atom is 0.266 e. The third-order valence-electron chi connectivity index (χ3n) is 5.22. The number of anilines is 1. The van der Waals surface area contributed by atoms with Crippen LogP contribution in [0.3, 0.4) is 0 Å². The van der Waals surface area contributed by atoms with E-state index in [1.165, 1.54) is 16.7 Å². The number of thioether (sulfide) groups is 1. The number of rotatable bonds is 8. The maximum atomic E-state index is 12.7. The molecule has 10 heteroatoms. The fourth-order valence-electron chi connectivity index (χ4n) is 3.42. The normalized spacial score (nSPS) is 15.0. The molecule has 0 aliphatic carbocycles. The summed E-state index contributed by atoms with van der Waals surface area (Å²) in [7, 11) is 0. The van der Waals surface area contributed by atoms with Crippen molar-refractivity contribution in [2.45, 2.75) is 33.1 Å². The summed E-state index contributed by atoms with van der Waals surface area (Å²) in [5.74, 6) is -0.210. The van der Waals surface area contributed by atoms with Crippen LogP contribution in [0.1, 0.15) is 36.3 Å². The van der Waals surface area contributed by atoms with E-state index >= 15 is 0 Å². The van der Waals surface area contributed by atoms with Crippen LogP contribution in [0, 0.1) is 0 Å². The Balaban J connectivity index is 1.43. The molecule has 170 valence electrons. The van der Waals surface area contributed by atoms with Gasteiger partial charge >= 0.3 is 0 Å². The summed E-state index contributed by atoms with van der Waals surface area (Å²) in [6.45, 7) is 4.33. The minimum absolute atomic E-state index is 0.0701. The molecule has 7 nitrogen and oxygen atoms in total. The standard InChI is InChI=1S/C23H22N4O3S3/c1-3-14-7-8-15(4-2)17(12-14)20-21(26-30-25-20)24-19(28)9-10-27-22(29)18(33-23(27)31)13-16-6-5-11-32-16/h5-8,11-13H,3-4,9-10H2,1-2H3,(H,24,26,28)/b18-13-. The van der Waals surface area contributed by atoms with Crippen molar-refractivity contribution >= 4 is 63.3 Å². The van der Waals surface area contributed by atoms with Gasteiger partial charge < -0.3 is 5.32 Å². The summed E-state index contributed by atoms with van der Waals surface area (Å²) in [6, 6.07) is 10.1. The van der Waals surface area contributed by atoms with E-state index < -0.39 is 0 Å². The Bertz CT molecular complexity index is 1220. The highest BCUT2D eigenvalue weighted by molar-refractivity contribution is 8.26. The third kappa shape index (κ3) is 5.23. The van der Waals surface area contributed by atoms with Crippen molar-refractivity contribution < 1.29 is 14.2 Å². The summed E-state index contributed by atoms with van der Waals surface area (Å²) < 4.78 is 5.39. The largest absolute Gasteiger partial charge is 0.306 e. The molecule has 0 radical (unpaired) electrons. The van der Waals surface area contributed by atoms with Gasteiger partial charge in [-0.25, -0.2) is 4.63 Å². The van der Waals surface area contributed by atoms with E-state index in [2.05, 4.69) is 41.6 Å². The number of hydrogen-bond donors (Lipinski definition) is 1. The predicted molar refractivity (Wildman–Crippen MR) is 136 cm³/mol. The topological polar surface area (TPSA) is 88.3 Å². The average molecular weight is 499 g/mol. The van der Waals surface area contributed by atoms with Gasteiger partial charge in [-0.15, -0.1) is 11.3 Å². The van der Waals surface area contributed by atoms with Gasteiger partial charge in [0.15, 0.2) is 5.69 Å².